The van der Waals surface area contributed by atoms with Gasteiger partial charge in [0.1, 0.15) is 11.4 Å². The van der Waals surface area contributed by atoms with E-state index >= 15 is 0 Å². The molecule has 0 amide bonds. The maximum absolute atomic E-state index is 11.8. The van der Waals surface area contributed by atoms with Crippen molar-refractivity contribution in [3.63, 3.8) is 0 Å². The van der Waals surface area contributed by atoms with Crippen LogP contribution < -0.4 is 4.74 Å². The van der Waals surface area contributed by atoms with Crippen LogP contribution in [0.25, 0.3) is 54.9 Å². The predicted octanol–water partition coefficient (Wildman–Crippen LogP) is 7.21. The molecule has 0 spiro atoms. The number of rotatable bonds is 6. The molecule has 6 heterocycles. The fourth-order valence-electron chi connectivity index (χ4n) is 5.33. The number of hydrogen-bond acceptors (Lipinski definition) is 7. The topological polar surface area (TPSA) is 109 Å². The number of ketones is 1. The number of carbonyl (C=O) groups is 1. The first-order valence-corrected chi connectivity index (χ1v) is 14.0. The van der Waals surface area contributed by atoms with Crippen LogP contribution in [0.5, 0.6) is 5.75 Å². The fourth-order valence-corrected chi connectivity index (χ4v) is 6.25. The summed E-state index contributed by atoms with van der Waals surface area (Å²) in [6.45, 7) is 1.59. The third kappa shape index (κ3) is 4.48. The Morgan fingerprint density at radius 2 is 1.82 bits per heavy atom. The zero-order valence-corrected chi connectivity index (χ0v) is 22.2. The second-order valence-electron chi connectivity index (χ2n) is 10.0. The van der Waals surface area contributed by atoms with Crippen molar-refractivity contribution in [2.24, 2.45) is 0 Å². The highest BCUT2D eigenvalue weighted by atomic mass is 32.1. The first-order chi connectivity index (χ1) is 19.1. The van der Waals surface area contributed by atoms with Crippen LogP contribution in [0.1, 0.15) is 48.7 Å². The summed E-state index contributed by atoms with van der Waals surface area (Å²) in [6, 6.07) is 10.0. The second-order valence-corrected chi connectivity index (χ2v) is 11.1. The standard InChI is InChI=1S/C30H26N6O2S/c1-17(37)28-7-8-29(39-28)23-14-32-15-26-21(23)10-25(34-26)30-22-11-24(33-16-27(22)35-36-30)18-9-20(13-31-12-18)38-19-5-3-2-4-6-19/h7-16,19,34H,2-6H2,1H3,(H,35,36). The summed E-state index contributed by atoms with van der Waals surface area (Å²) in [4.78, 5) is 30.6. The van der Waals surface area contributed by atoms with E-state index in [1.807, 2.05) is 42.9 Å². The molecule has 1 aliphatic carbocycles. The summed E-state index contributed by atoms with van der Waals surface area (Å²) in [7, 11) is 0. The number of nitrogens with zero attached hydrogens (tertiary/aromatic N) is 4. The quantitative estimate of drug-likeness (QED) is 0.219. The molecule has 7 rings (SSSR count). The van der Waals surface area contributed by atoms with Crippen molar-refractivity contribution in [2.45, 2.75) is 45.1 Å². The van der Waals surface area contributed by atoms with E-state index in [0.29, 0.717) is 0 Å². The molecule has 0 aromatic carbocycles. The van der Waals surface area contributed by atoms with Gasteiger partial charge in [-0.15, -0.1) is 11.3 Å². The molecule has 9 heteroatoms. The van der Waals surface area contributed by atoms with Gasteiger partial charge in [0, 0.05) is 39.2 Å². The van der Waals surface area contributed by atoms with E-state index in [1.54, 1.807) is 19.3 Å². The van der Waals surface area contributed by atoms with Gasteiger partial charge in [0.25, 0.3) is 0 Å². The molecule has 0 radical (unpaired) electrons. The molecular weight excluding hydrogens is 508 g/mol. The van der Waals surface area contributed by atoms with Crippen LogP contribution in [-0.2, 0) is 0 Å². The van der Waals surface area contributed by atoms with Gasteiger partial charge in [0.15, 0.2) is 5.78 Å². The Labute approximate surface area is 228 Å². The lowest BCUT2D eigenvalue weighted by atomic mass is 9.98. The van der Waals surface area contributed by atoms with Gasteiger partial charge in [-0.1, -0.05) is 6.42 Å². The average Bonchev–Trinajstić information content (AvgIpc) is 3.71. The molecule has 6 aromatic heterocycles. The number of pyridine rings is 3. The highest BCUT2D eigenvalue weighted by Crippen LogP contribution is 2.37. The average molecular weight is 535 g/mol. The van der Waals surface area contributed by atoms with Crippen LogP contribution >= 0.6 is 11.3 Å². The summed E-state index contributed by atoms with van der Waals surface area (Å²) < 4.78 is 6.24. The largest absolute Gasteiger partial charge is 0.489 e. The molecule has 8 nitrogen and oxygen atoms in total. The predicted molar refractivity (Wildman–Crippen MR) is 153 cm³/mol. The molecule has 1 fully saturated rings. The Balaban J connectivity index is 1.25. The highest BCUT2D eigenvalue weighted by Gasteiger charge is 2.18. The van der Waals surface area contributed by atoms with Gasteiger partial charge < -0.3 is 9.72 Å². The third-order valence-electron chi connectivity index (χ3n) is 7.33. The maximum atomic E-state index is 11.8. The van der Waals surface area contributed by atoms with E-state index in [4.69, 9.17) is 4.74 Å². The van der Waals surface area contributed by atoms with Crippen molar-refractivity contribution < 1.29 is 9.53 Å². The third-order valence-corrected chi connectivity index (χ3v) is 8.55. The van der Waals surface area contributed by atoms with Crippen LogP contribution in [0.4, 0.5) is 0 Å². The van der Waals surface area contributed by atoms with Crippen LogP contribution in [0.3, 0.4) is 0 Å². The molecule has 1 saturated carbocycles. The fraction of sp³-hybridized carbons (Fsp3) is 0.233. The lowest BCUT2D eigenvalue weighted by Crippen LogP contribution is -2.19. The highest BCUT2D eigenvalue weighted by molar-refractivity contribution is 7.17. The molecule has 2 N–H and O–H groups in total. The number of aromatic nitrogens is 6. The van der Waals surface area contributed by atoms with E-state index in [9.17, 15) is 4.79 Å². The zero-order chi connectivity index (χ0) is 26.3. The number of Topliss-reactive ketones (excluding diaryl/α,β-unsaturated/α-hetero) is 1. The number of nitrogens with one attached hydrogen (secondary N) is 2. The molecule has 0 bridgehead atoms. The van der Waals surface area contributed by atoms with Crippen molar-refractivity contribution >= 4 is 38.9 Å². The SMILES string of the molecule is CC(=O)c1ccc(-c2cncc3[nH]c(-c4n[nH]c5cnc(-c6cncc(OC7CCCCC7)c6)cc45)cc23)s1. The number of ether oxygens (including phenoxy) is 1. The lowest BCUT2D eigenvalue weighted by molar-refractivity contribution is 0.102. The molecule has 39 heavy (non-hydrogen) atoms. The van der Waals surface area contributed by atoms with Gasteiger partial charge in [0.2, 0.25) is 0 Å². The molecule has 0 unspecified atom stereocenters. The van der Waals surface area contributed by atoms with E-state index in [0.717, 1.165) is 78.4 Å². The summed E-state index contributed by atoms with van der Waals surface area (Å²) >= 11 is 1.48. The van der Waals surface area contributed by atoms with E-state index in [2.05, 4.69) is 36.2 Å². The van der Waals surface area contributed by atoms with Gasteiger partial charge in [-0.2, -0.15) is 5.10 Å². The van der Waals surface area contributed by atoms with Gasteiger partial charge in [-0.3, -0.25) is 24.8 Å². The first kappa shape index (κ1) is 23.7. The van der Waals surface area contributed by atoms with Crippen molar-refractivity contribution in [3.05, 3.63) is 66.2 Å². The number of hydrogen-bond donors (Lipinski definition) is 2. The Morgan fingerprint density at radius 1 is 0.949 bits per heavy atom. The van der Waals surface area contributed by atoms with Crippen molar-refractivity contribution in [3.8, 4) is 38.8 Å². The number of aromatic amines is 2. The number of carbonyl (C=O) groups excluding carboxylic acids is 1. The molecule has 194 valence electrons. The Kier molecular flexibility index (Phi) is 5.93. The van der Waals surface area contributed by atoms with E-state index in [1.165, 1.54) is 30.6 Å². The smallest absolute Gasteiger partial charge is 0.169 e. The molecular formula is C30H26N6O2S. The van der Waals surface area contributed by atoms with Crippen LogP contribution in [0, 0.1) is 0 Å². The summed E-state index contributed by atoms with van der Waals surface area (Å²) in [5.41, 5.74) is 6.11. The Morgan fingerprint density at radius 3 is 2.67 bits per heavy atom. The number of thiophene rings is 1. The first-order valence-electron chi connectivity index (χ1n) is 13.2. The summed E-state index contributed by atoms with van der Waals surface area (Å²) in [5, 5.41) is 9.72. The Hall–Kier alpha value is -4.37. The van der Waals surface area contributed by atoms with Crippen molar-refractivity contribution in [2.75, 3.05) is 0 Å². The lowest BCUT2D eigenvalue weighted by Gasteiger charge is -2.22. The van der Waals surface area contributed by atoms with Crippen molar-refractivity contribution in [1.82, 2.24) is 30.1 Å². The number of fused-ring (bicyclic) bond motifs is 2. The van der Waals surface area contributed by atoms with Gasteiger partial charge in [0.05, 0.1) is 52.0 Å². The van der Waals surface area contributed by atoms with Crippen molar-refractivity contribution in [1.29, 1.82) is 0 Å². The van der Waals surface area contributed by atoms with Crippen LogP contribution in [-0.4, -0.2) is 42.0 Å². The van der Waals surface area contributed by atoms with Crippen LogP contribution in [0.15, 0.2) is 61.3 Å². The molecule has 6 aromatic rings. The monoisotopic (exact) mass is 534 g/mol. The van der Waals surface area contributed by atoms with Crippen LogP contribution in [0.2, 0.25) is 0 Å². The molecule has 0 atom stereocenters. The van der Waals surface area contributed by atoms with Gasteiger partial charge in [-0.25, -0.2) is 0 Å². The van der Waals surface area contributed by atoms with E-state index in [-0.39, 0.29) is 11.9 Å². The number of H-pyrrole nitrogens is 2. The van der Waals surface area contributed by atoms with Gasteiger partial charge >= 0.3 is 0 Å². The molecule has 1 aliphatic rings. The summed E-state index contributed by atoms with van der Waals surface area (Å²) in [5.74, 6) is 0.848. The minimum Gasteiger partial charge on any atom is -0.489 e. The second kappa shape index (κ2) is 9.74. The zero-order valence-electron chi connectivity index (χ0n) is 21.4. The molecule has 0 saturated heterocycles. The maximum Gasteiger partial charge on any atom is 0.169 e. The van der Waals surface area contributed by atoms with E-state index < -0.39 is 0 Å². The summed E-state index contributed by atoms with van der Waals surface area (Å²) in [6.07, 6.45) is 15.2. The Bertz CT molecular complexity index is 1830. The van der Waals surface area contributed by atoms with Gasteiger partial charge in [-0.05, 0) is 62.9 Å². The molecule has 0 aliphatic heterocycles. The minimum absolute atomic E-state index is 0.0647. The normalized spacial score (nSPS) is 14.3. The minimum atomic E-state index is 0.0647.